The third-order valence-electron chi connectivity index (χ3n) is 12.9. The van der Waals surface area contributed by atoms with E-state index in [1.165, 1.54) is 225 Å². The lowest BCUT2D eigenvalue weighted by atomic mass is 10.0. The van der Waals surface area contributed by atoms with E-state index in [1.807, 2.05) is 21.1 Å². The third-order valence-corrected chi connectivity index (χ3v) is 13.8. The van der Waals surface area contributed by atoms with Gasteiger partial charge in [0, 0.05) is 12.8 Å². The number of rotatable bonds is 53. The van der Waals surface area contributed by atoms with E-state index in [4.69, 9.17) is 18.5 Å². The number of hydrogen-bond acceptors (Lipinski definition) is 8. The fraction of sp³-hybridized carbons (Fsp3) is 0.964. The summed E-state index contributed by atoms with van der Waals surface area (Å²) in [5, 5.41) is 0. The Bertz CT molecular complexity index is 1070. The molecule has 0 aromatic heterocycles. The molecule has 0 saturated heterocycles. The molecular weight excluding hydrogens is 834 g/mol. The molecular formula is C55H110NO8P. The van der Waals surface area contributed by atoms with Crippen molar-refractivity contribution in [1.29, 1.82) is 0 Å². The first kappa shape index (κ1) is 64.0. The maximum atomic E-state index is 12.8. The summed E-state index contributed by atoms with van der Waals surface area (Å²) in [4.78, 5) is 37.8. The molecule has 65 heavy (non-hydrogen) atoms. The summed E-state index contributed by atoms with van der Waals surface area (Å²) in [5.74, 6) is -0.810. The van der Waals surface area contributed by atoms with Gasteiger partial charge >= 0.3 is 11.9 Å². The van der Waals surface area contributed by atoms with Crippen molar-refractivity contribution < 1.29 is 42.1 Å². The van der Waals surface area contributed by atoms with Crippen LogP contribution in [0.25, 0.3) is 0 Å². The average Bonchev–Trinajstić information content (AvgIpc) is 3.26. The van der Waals surface area contributed by atoms with Crippen molar-refractivity contribution in [3.8, 4) is 0 Å². The zero-order chi connectivity index (χ0) is 47.8. The largest absolute Gasteiger partial charge is 0.756 e. The summed E-state index contributed by atoms with van der Waals surface area (Å²) in [5.41, 5.74) is 0. The number of carbonyl (C=O) groups excluding carboxylic acids is 2. The van der Waals surface area contributed by atoms with Crippen LogP contribution < -0.4 is 4.89 Å². The van der Waals surface area contributed by atoms with E-state index >= 15 is 0 Å². The Morgan fingerprint density at radius 1 is 0.415 bits per heavy atom. The smallest absolute Gasteiger partial charge is 0.306 e. The lowest BCUT2D eigenvalue weighted by Crippen LogP contribution is -2.37. The van der Waals surface area contributed by atoms with Gasteiger partial charge in [0.25, 0.3) is 7.82 Å². The molecule has 0 aromatic carbocycles. The molecule has 0 amide bonds. The van der Waals surface area contributed by atoms with Gasteiger partial charge in [0.15, 0.2) is 6.10 Å². The van der Waals surface area contributed by atoms with Gasteiger partial charge in [0.1, 0.15) is 19.8 Å². The maximum absolute atomic E-state index is 12.8. The van der Waals surface area contributed by atoms with Crippen LogP contribution in [0.3, 0.4) is 0 Å². The lowest BCUT2D eigenvalue weighted by molar-refractivity contribution is -0.870. The Kier molecular flexibility index (Phi) is 47.3. The Labute approximate surface area is 404 Å². The predicted molar refractivity (Wildman–Crippen MR) is 273 cm³/mol. The number of likely N-dealkylation sites (N-methyl/N-ethyl adjacent to an activating group) is 1. The van der Waals surface area contributed by atoms with Crippen LogP contribution in [-0.2, 0) is 32.7 Å². The average molecular weight is 944 g/mol. The van der Waals surface area contributed by atoms with E-state index in [2.05, 4.69) is 13.8 Å². The van der Waals surface area contributed by atoms with Crippen LogP contribution in [0.5, 0.6) is 0 Å². The Morgan fingerprint density at radius 2 is 0.692 bits per heavy atom. The van der Waals surface area contributed by atoms with E-state index in [0.717, 1.165) is 32.1 Å². The number of esters is 2. The summed E-state index contributed by atoms with van der Waals surface area (Å²) in [7, 11) is 1.19. The van der Waals surface area contributed by atoms with Gasteiger partial charge in [0.2, 0.25) is 0 Å². The summed E-state index contributed by atoms with van der Waals surface area (Å²) >= 11 is 0. The first-order chi connectivity index (χ1) is 31.5. The summed E-state index contributed by atoms with van der Waals surface area (Å²) < 4.78 is 34.2. The first-order valence-electron chi connectivity index (χ1n) is 28.2. The van der Waals surface area contributed by atoms with Gasteiger partial charge in [-0.3, -0.25) is 14.2 Å². The van der Waals surface area contributed by atoms with E-state index in [1.54, 1.807) is 0 Å². The Morgan fingerprint density at radius 3 is 0.985 bits per heavy atom. The number of ether oxygens (including phenoxy) is 2. The highest BCUT2D eigenvalue weighted by Crippen LogP contribution is 2.38. The Balaban J connectivity index is 4.13. The number of carbonyl (C=O) groups is 2. The van der Waals surface area contributed by atoms with E-state index < -0.39 is 26.5 Å². The first-order valence-corrected chi connectivity index (χ1v) is 29.7. The van der Waals surface area contributed by atoms with Crippen LogP contribution in [0, 0.1) is 0 Å². The molecule has 0 bridgehead atoms. The lowest BCUT2D eigenvalue weighted by Gasteiger charge is -2.28. The molecule has 0 rings (SSSR count). The molecule has 0 radical (unpaired) electrons. The molecule has 388 valence electrons. The molecule has 0 heterocycles. The highest BCUT2D eigenvalue weighted by molar-refractivity contribution is 7.45. The van der Waals surface area contributed by atoms with Gasteiger partial charge in [-0.1, -0.05) is 264 Å². The molecule has 0 aromatic rings. The van der Waals surface area contributed by atoms with Gasteiger partial charge in [0.05, 0.1) is 27.7 Å². The van der Waals surface area contributed by atoms with Crippen LogP contribution in [0.1, 0.15) is 290 Å². The highest BCUT2D eigenvalue weighted by atomic mass is 31.2. The molecule has 0 aliphatic heterocycles. The molecule has 10 heteroatoms. The SMILES string of the molecule is CCCCCCCCCCCCCCCCCCCCCCCC(=O)OCC(COP(=O)([O-])OCC[N+](C)(C)C)OC(=O)CCCCCCCCCCCCCCCCCCCCCC. The maximum Gasteiger partial charge on any atom is 0.306 e. The van der Waals surface area contributed by atoms with E-state index in [-0.39, 0.29) is 32.0 Å². The van der Waals surface area contributed by atoms with Crippen molar-refractivity contribution >= 4 is 19.8 Å². The monoisotopic (exact) mass is 944 g/mol. The van der Waals surface area contributed by atoms with Crippen LogP contribution >= 0.6 is 7.82 Å². The van der Waals surface area contributed by atoms with Crippen LogP contribution in [-0.4, -0.2) is 70.0 Å². The number of unbranched alkanes of at least 4 members (excludes halogenated alkanes) is 39. The predicted octanol–water partition coefficient (Wildman–Crippen LogP) is 16.5. The fourth-order valence-corrected chi connectivity index (χ4v) is 9.21. The van der Waals surface area contributed by atoms with Crippen molar-refractivity contribution in [3.05, 3.63) is 0 Å². The zero-order valence-electron chi connectivity index (χ0n) is 44.0. The molecule has 9 nitrogen and oxygen atoms in total. The van der Waals surface area contributed by atoms with Crippen molar-refractivity contribution in [2.75, 3.05) is 47.5 Å². The van der Waals surface area contributed by atoms with Crippen molar-refractivity contribution in [2.24, 2.45) is 0 Å². The Hall–Kier alpha value is -0.990. The molecule has 0 fully saturated rings. The minimum absolute atomic E-state index is 0.0251. The summed E-state index contributed by atoms with van der Waals surface area (Å²) in [6.07, 6.45) is 52.8. The third kappa shape index (κ3) is 52.2. The minimum Gasteiger partial charge on any atom is -0.756 e. The molecule has 2 unspecified atom stereocenters. The molecule has 0 saturated carbocycles. The van der Waals surface area contributed by atoms with Crippen molar-refractivity contribution in [3.63, 3.8) is 0 Å². The highest BCUT2D eigenvalue weighted by Gasteiger charge is 2.22. The van der Waals surface area contributed by atoms with Crippen LogP contribution in [0.2, 0.25) is 0 Å². The molecule has 0 N–H and O–H groups in total. The summed E-state index contributed by atoms with van der Waals surface area (Å²) in [6, 6.07) is 0. The molecule has 2 atom stereocenters. The standard InChI is InChI=1S/C55H110NO8P/c1-6-8-10-12-14-16-18-20-22-24-26-28-30-31-33-35-37-39-41-43-45-47-54(57)61-51-53(52-63-65(59,60)62-50-49-56(3,4)5)64-55(58)48-46-44-42-40-38-36-34-32-29-27-25-23-21-19-17-15-13-11-9-7-2/h53H,6-52H2,1-5H3. The second kappa shape index (κ2) is 48.1. The number of phosphoric ester groups is 1. The van der Waals surface area contributed by atoms with Crippen molar-refractivity contribution in [2.45, 2.75) is 296 Å². The number of nitrogens with zero attached hydrogens (tertiary/aromatic N) is 1. The second-order valence-electron chi connectivity index (χ2n) is 20.7. The number of quaternary nitrogens is 1. The number of hydrogen-bond donors (Lipinski definition) is 0. The number of phosphoric acid groups is 1. The minimum atomic E-state index is -4.63. The van der Waals surface area contributed by atoms with Gasteiger partial charge in [-0.25, -0.2) is 0 Å². The van der Waals surface area contributed by atoms with Gasteiger partial charge in [-0.05, 0) is 12.8 Å². The van der Waals surface area contributed by atoms with Crippen molar-refractivity contribution in [1.82, 2.24) is 0 Å². The normalized spacial score (nSPS) is 13.3. The second-order valence-corrected chi connectivity index (χ2v) is 22.1. The van der Waals surface area contributed by atoms with Gasteiger partial charge in [-0.2, -0.15) is 0 Å². The molecule has 0 aliphatic rings. The topological polar surface area (TPSA) is 111 Å². The van der Waals surface area contributed by atoms with Crippen LogP contribution in [0.15, 0.2) is 0 Å². The van der Waals surface area contributed by atoms with Crippen LogP contribution in [0.4, 0.5) is 0 Å². The van der Waals surface area contributed by atoms with Gasteiger partial charge in [-0.15, -0.1) is 0 Å². The van der Waals surface area contributed by atoms with E-state index in [0.29, 0.717) is 17.4 Å². The quantitative estimate of drug-likeness (QED) is 0.0257. The summed E-state index contributed by atoms with van der Waals surface area (Å²) in [6.45, 7) is 4.31. The zero-order valence-corrected chi connectivity index (χ0v) is 44.9. The fourth-order valence-electron chi connectivity index (χ4n) is 8.48. The molecule has 0 spiro atoms. The van der Waals surface area contributed by atoms with E-state index in [9.17, 15) is 19.0 Å². The van der Waals surface area contributed by atoms with Gasteiger partial charge < -0.3 is 27.9 Å². The molecule has 0 aliphatic carbocycles.